The van der Waals surface area contributed by atoms with E-state index in [1.165, 1.54) is 16.7 Å². The minimum Gasteiger partial charge on any atom is -0.494 e. The molecular formula is C20H21NO. The fourth-order valence-corrected chi connectivity index (χ4v) is 2.90. The second kappa shape index (κ2) is 5.80. The monoisotopic (exact) mass is 291 g/mol. The molecule has 0 unspecified atom stereocenters. The topological polar surface area (TPSA) is 22.1 Å². The molecule has 112 valence electrons. The third-order valence-electron chi connectivity index (χ3n) is 3.97. The second-order valence-electron chi connectivity index (χ2n) is 5.80. The lowest BCUT2D eigenvalue weighted by Gasteiger charge is -2.12. The predicted molar refractivity (Wildman–Crippen MR) is 92.6 cm³/mol. The predicted octanol–water partition coefficient (Wildman–Crippen LogP) is 5.09. The van der Waals surface area contributed by atoms with E-state index in [0.29, 0.717) is 0 Å². The summed E-state index contributed by atoms with van der Waals surface area (Å²) in [6.07, 6.45) is 1.02. The van der Waals surface area contributed by atoms with Gasteiger partial charge in [-0.3, -0.25) is 0 Å². The number of aromatic nitrogens is 1. The standard InChI is InChI=1S/C20H21NO/c1-5-15-6-7-18-16(11-15)12-19(22-4)20(21-18)17-9-13(2)8-14(3)10-17/h6-12H,5H2,1-4H3. The lowest BCUT2D eigenvalue weighted by atomic mass is 10.0. The Kier molecular flexibility index (Phi) is 3.84. The van der Waals surface area contributed by atoms with Gasteiger partial charge in [0.15, 0.2) is 0 Å². The minimum absolute atomic E-state index is 0.825. The molecule has 0 spiro atoms. The van der Waals surface area contributed by atoms with Gasteiger partial charge < -0.3 is 4.74 Å². The molecule has 0 fully saturated rings. The minimum atomic E-state index is 0.825. The maximum atomic E-state index is 5.60. The lowest BCUT2D eigenvalue weighted by Crippen LogP contribution is -1.94. The van der Waals surface area contributed by atoms with Crippen molar-refractivity contribution >= 4 is 10.9 Å². The van der Waals surface area contributed by atoms with Crippen molar-refractivity contribution in [2.75, 3.05) is 7.11 Å². The number of ether oxygens (including phenoxy) is 1. The molecule has 0 aliphatic carbocycles. The first-order valence-electron chi connectivity index (χ1n) is 7.67. The van der Waals surface area contributed by atoms with E-state index in [9.17, 15) is 0 Å². The average molecular weight is 291 g/mol. The fourth-order valence-electron chi connectivity index (χ4n) is 2.90. The zero-order chi connectivity index (χ0) is 15.7. The summed E-state index contributed by atoms with van der Waals surface area (Å²) in [6.45, 7) is 6.38. The van der Waals surface area contributed by atoms with Gasteiger partial charge in [-0.25, -0.2) is 4.98 Å². The summed E-state index contributed by atoms with van der Waals surface area (Å²) in [7, 11) is 1.71. The molecule has 0 aliphatic rings. The molecule has 0 amide bonds. The molecule has 0 saturated heterocycles. The Balaban J connectivity index is 2.24. The van der Waals surface area contributed by atoms with Gasteiger partial charge in [0.05, 0.1) is 12.6 Å². The molecule has 2 aromatic carbocycles. The van der Waals surface area contributed by atoms with Gasteiger partial charge in [0.1, 0.15) is 11.4 Å². The molecular weight excluding hydrogens is 270 g/mol. The van der Waals surface area contributed by atoms with E-state index >= 15 is 0 Å². The van der Waals surface area contributed by atoms with Crippen molar-refractivity contribution in [1.82, 2.24) is 4.98 Å². The van der Waals surface area contributed by atoms with E-state index < -0.39 is 0 Å². The number of pyridine rings is 1. The van der Waals surface area contributed by atoms with Gasteiger partial charge in [-0.2, -0.15) is 0 Å². The van der Waals surface area contributed by atoms with Crippen molar-refractivity contribution in [3.63, 3.8) is 0 Å². The number of hydrogen-bond acceptors (Lipinski definition) is 2. The summed E-state index contributed by atoms with van der Waals surface area (Å²) >= 11 is 0. The molecule has 0 atom stereocenters. The van der Waals surface area contributed by atoms with Gasteiger partial charge in [-0.05, 0) is 56.2 Å². The Labute approximate surface area is 131 Å². The quantitative estimate of drug-likeness (QED) is 0.670. The number of methoxy groups -OCH3 is 1. The van der Waals surface area contributed by atoms with Crippen LogP contribution >= 0.6 is 0 Å². The first-order chi connectivity index (χ1) is 10.6. The Morgan fingerprint density at radius 1 is 0.955 bits per heavy atom. The summed E-state index contributed by atoms with van der Waals surface area (Å²) in [4.78, 5) is 4.85. The summed E-state index contributed by atoms with van der Waals surface area (Å²) in [5.41, 5.74) is 6.81. The van der Waals surface area contributed by atoms with Crippen LogP contribution in [0.5, 0.6) is 5.75 Å². The van der Waals surface area contributed by atoms with Gasteiger partial charge in [0.25, 0.3) is 0 Å². The number of hydrogen-bond donors (Lipinski definition) is 0. The first kappa shape index (κ1) is 14.6. The highest BCUT2D eigenvalue weighted by atomic mass is 16.5. The molecule has 2 nitrogen and oxygen atoms in total. The molecule has 0 bridgehead atoms. The van der Waals surface area contributed by atoms with E-state index in [0.717, 1.165) is 34.3 Å². The summed E-state index contributed by atoms with van der Waals surface area (Å²) in [5.74, 6) is 0.825. The van der Waals surface area contributed by atoms with Gasteiger partial charge >= 0.3 is 0 Å². The van der Waals surface area contributed by atoms with Crippen LogP contribution in [0.4, 0.5) is 0 Å². The van der Waals surface area contributed by atoms with Crippen molar-refractivity contribution in [3.05, 3.63) is 59.2 Å². The molecule has 0 saturated carbocycles. The van der Waals surface area contributed by atoms with Crippen molar-refractivity contribution in [2.24, 2.45) is 0 Å². The van der Waals surface area contributed by atoms with E-state index in [4.69, 9.17) is 9.72 Å². The molecule has 3 aromatic rings. The SMILES string of the molecule is CCc1ccc2nc(-c3cc(C)cc(C)c3)c(OC)cc2c1. The van der Waals surface area contributed by atoms with E-state index in [1.54, 1.807) is 7.11 Å². The van der Waals surface area contributed by atoms with Crippen LogP contribution in [-0.2, 0) is 6.42 Å². The van der Waals surface area contributed by atoms with Crippen LogP contribution in [-0.4, -0.2) is 12.1 Å². The van der Waals surface area contributed by atoms with Crippen molar-refractivity contribution in [1.29, 1.82) is 0 Å². The van der Waals surface area contributed by atoms with Crippen LogP contribution in [0.25, 0.3) is 22.2 Å². The zero-order valence-electron chi connectivity index (χ0n) is 13.6. The van der Waals surface area contributed by atoms with E-state index in [1.807, 2.05) is 0 Å². The summed E-state index contributed by atoms with van der Waals surface area (Å²) < 4.78 is 5.60. The Hall–Kier alpha value is -2.35. The molecule has 2 heteroatoms. The first-order valence-corrected chi connectivity index (χ1v) is 7.67. The molecule has 3 rings (SSSR count). The van der Waals surface area contributed by atoms with E-state index in [2.05, 4.69) is 63.2 Å². The Morgan fingerprint density at radius 3 is 2.32 bits per heavy atom. The summed E-state index contributed by atoms with van der Waals surface area (Å²) in [5, 5.41) is 1.13. The van der Waals surface area contributed by atoms with Gasteiger partial charge in [-0.15, -0.1) is 0 Å². The lowest BCUT2D eigenvalue weighted by molar-refractivity contribution is 0.415. The molecule has 1 aromatic heterocycles. The highest BCUT2D eigenvalue weighted by Gasteiger charge is 2.11. The Bertz CT molecular complexity index is 816. The van der Waals surface area contributed by atoms with Crippen molar-refractivity contribution in [2.45, 2.75) is 27.2 Å². The smallest absolute Gasteiger partial charge is 0.145 e. The highest BCUT2D eigenvalue weighted by Crippen LogP contribution is 2.32. The molecule has 0 N–H and O–H groups in total. The molecule has 0 radical (unpaired) electrons. The number of nitrogens with zero attached hydrogens (tertiary/aromatic N) is 1. The largest absolute Gasteiger partial charge is 0.494 e. The number of rotatable bonds is 3. The fraction of sp³-hybridized carbons (Fsp3) is 0.250. The van der Waals surface area contributed by atoms with Crippen molar-refractivity contribution < 1.29 is 4.74 Å². The van der Waals surface area contributed by atoms with Crippen molar-refractivity contribution in [3.8, 4) is 17.0 Å². The maximum Gasteiger partial charge on any atom is 0.145 e. The zero-order valence-corrected chi connectivity index (χ0v) is 13.6. The van der Waals surface area contributed by atoms with Crippen LogP contribution in [0, 0.1) is 13.8 Å². The van der Waals surface area contributed by atoms with Crippen LogP contribution in [0.15, 0.2) is 42.5 Å². The third-order valence-corrected chi connectivity index (χ3v) is 3.97. The average Bonchev–Trinajstić information content (AvgIpc) is 2.52. The number of aryl methyl sites for hydroxylation is 3. The number of fused-ring (bicyclic) bond motifs is 1. The van der Waals surface area contributed by atoms with Crippen LogP contribution in [0.2, 0.25) is 0 Å². The normalized spacial score (nSPS) is 10.9. The van der Waals surface area contributed by atoms with Gasteiger partial charge in [0.2, 0.25) is 0 Å². The molecule has 0 aliphatic heterocycles. The Morgan fingerprint density at radius 2 is 1.68 bits per heavy atom. The molecule has 22 heavy (non-hydrogen) atoms. The maximum absolute atomic E-state index is 5.60. The van der Waals surface area contributed by atoms with Crippen LogP contribution in [0.1, 0.15) is 23.6 Å². The van der Waals surface area contributed by atoms with Crippen LogP contribution in [0.3, 0.4) is 0 Å². The summed E-state index contributed by atoms with van der Waals surface area (Å²) in [6, 6.07) is 15.0. The van der Waals surface area contributed by atoms with E-state index in [-0.39, 0.29) is 0 Å². The van der Waals surface area contributed by atoms with Crippen LogP contribution < -0.4 is 4.74 Å². The number of benzene rings is 2. The molecule has 1 heterocycles. The highest BCUT2D eigenvalue weighted by molar-refractivity contribution is 5.85. The van der Waals surface area contributed by atoms with Gasteiger partial charge in [0, 0.05) is 10.9 Å². The third kappa shape index (κ3) is 2.69. The second-order valence-corrected chi connectivity index (χ2v) is 5.80. The van der Waals surface area contributed by atoms with Gasteiger partial charge in [-0.1, -0.05) is 30.2 Å².